The molecule has 2 rings (SSSR count). The summed E-state index contributed by atoms with van der Waals surface area (Å²) in [5.41, 5.74) is 0. The normalized spacial score (nSPS) is 27.3. The van der Waals surface area contributed by atoms with Crippen molar-refractivity contribution in [3.8, 4) is 0 Å². The smallest absolute Gasteiger partial charge is 0.222 e. The van der Waals surface area contributed by atoms with Gasteiger partial charge in [0, 0.05) is 19.6 Å². The van der Waals surface area contributed by atoms with Crippen LogP contribution in [0.15, 0.2) is 0 Å². The van der Waals surface area contributed by atoms with Crippen LogP contribution in [0.4, 0.5) is 0 Å². The highest BCUT2D eigenvalue weighted by atomic mass is 16.5. The number of hydrogen-bond acceptors (Lipinski definition) is 3. The summed E-state index contributed by atoms with van der Waals surface area (Å²) in [5, 5.41) is 6.16. The summed E-state index contributed by atoms with van der Waals surface area (Å²) in [6.45, 7) is 3.29. The third kappa shape index (κ3) is 3.27. The van der Waals surface area contributed by atoms with E-state index in [4.69, 9.17) is 4.74 Å². The lowest BCUT2D eigenvalue weighted by Crippen LogP contribution is -2.41. The lowest BCUT2D eigenvalue weighted by Gasteiger charge is -2.22. The Hall–Kier alpha value is -0.610. The van der Waals surface area contributed by atoms with E-state index in [0.717, 1.165) is 32.2 Å². The monoisotopic (exact) mass is 198 g/mol. The zero-order valence-electron chi connectivity index (χ0n) is 8.42. The highest BCUT2D eigenvalue weighted by molar-refractivity contribution is 5.76. The third-order valence-corrected chi connectivity index (χ3v) is 2.70. The maximum atomic E-state index is 11.4. The van der Waals surface area contributed by atoms with Gasteiger partial charge >= 0.3 is 0 Å². The fraction of sp³-hybridized carbons (Fsp3) is 0.900. The largest absolute Gasteiger partial charge is 0.375 e. The summed E-state index contributed by atoms with van der Waals surface area (Å²) in [4.78, 5) is 11.4. The molecule has 80 valence electrons. The van der Waals surface area contributed by atoms with E-state index in [0.29, 0.717) is 6.42 Å². The molecule has 0 bridgehead atoms. The second-order valence-electron chi connectivity index (χ2n) is 4.15. The van der Waals surface area contributed by atoms with E-state index in [1.807, 2.05) is 0 Å². The molecule has 0 aromatic carbocycles. The van der Waals surface area contributed by atoms with Crippen molar-refractivity contribution in [2.75, 3.05) is 26.2 Å². The Balaban J connectivity index is 1.59. The van der Waals surface area contributed by atoms with Crippen molar-refractivity contribution in [2.45, 2.75) is 25.4 Å². The van der Waals surface area contributed by atoms with E-state index < -0.39 is 0 Å². The van der Waals surface area contributed by atoms with Crippen LogP contribution in [0.25, 0.3) is 0 Å². The fourth-order valence-electron chi connectivity index (χ4n) is 1.61. The number of hydrogen-bond donors (Lipinski definition) is 2. The molecule has 4 heteroatoms. The van der Waals surface area contributed by atoms with Gasteiger partial charge in [0.1, 0.15) is 0 Å². The van der Waals surface area contributed by atoms with Gasteiger partial charge in [-0.1, -0.05) is 0 Å². The van der Waals surface area contributed by atoms with Gasteiger partial charge in [-0.2, -0.15) is 0 Å². The molecule has 1 heterocycles. The van der Waals surface area contributed by atoms with Crippen molar-refractivity contribution in [1.82, 2.24) is 10.6 Å². The Morgan fingerprint density at radius 3 is 3.00 bits per heavy atom. The second kappa shape index (κ2) is 4.75. The molecule has 0 aromatic rings. The van der Waals surface area contributed by atoms with Crippen LogP contribution in [0.5, 0.6) is 0 Å². The molecule has 1 unspecified atom stereocenters. The molecule has 1 saturated carbocycles. The van der Waals surface area contributed by atoms with Crippen molar-refractivity contribution in [1.29, 1.82) is 0 Å². The molecule has 1 atom stereocenters. The minimum Gasteiger partial charge on any atom is -0.375 e. The predicted octanol–water partition coefficient (Wildman–Crippen LogP) is -0.109. The standard InChI is InChI=1S/C10H18N2O2/c13-10(12-6-8-1-2-8)5-9-7-11-3-4-14-9/h8-9,11H,1-7H2,(H,12,13). The van der Waals surface area contributed by atoms with Crippen LogP contribution >= 0.6 is 0 Å². The van der Waals surface area contributed by atoms with Crippen molar-refractivity contribution < 1.29 is 9.53 Å². The zero-order valence-corrected chi connectivity index (χ0v) is 8.42. The first kappa shape index (κ1) is 9.93. The minimum absolute atomic E-state index is 0.0722. The maximum Gasteiger partial charge on any atom is 0.222 e. The number of carbonyl (C=O) groups excluding carboxylic acids is 1. The average molecular weight is 198 g/mol. The minimum atomic E-state index is 0.0722. The van der Waals surface area contributed by atoms with Gasteiger partial charge in [-0.25, -0.2) is 0 Å². The van der Waals surface area contributed by atoms with E-state index in [1.54, 1.807) is 0 Å². The first-order chi connectivity index (χ1) is 6.84. The molecule has 2 fully saturated rings. The molecule has 0 spiro atoms. The third-order valence-electron chi connectivity index (χ3n) is 2.70. The highest BCUT2D eigenvalue weighted by Gasteiger charge is 2.23. The summed E-state index contributed by atoms with van der Waals surface area (Å²) in [6, 6.07) is 0. The van der Waals surface area contributed by atoms with Gasteiger partial charge in [-0.15, -0.1) is 0 Å². The summed E-state index contributed by atoms with van der Waals surface area (Å²) >= 11 is 0. The molecule has 1 aliphatic carbocycles. The van der Waals surface area contributed by atoms with Crippen molar-refractivity contribution in [3.05, 3.63) is 0 Å². The van der Waals surface area contributed by atoms with E-state index in [-0.39, 0.29) is 12.0 Å². The van der Waals surface area contributed by atoms with E-state index >= 15 is 0 Å². The Bertz CT molecular complexity index is 198. The van der Waals surface area contributed by atoms with Crippen LogP contribution in [-0.4, -0.2) is 38.3 Å². The molecule has 14 heavy (non-hydrogen) atoms. The lowest BCUT2D eigenvalue weighted by atomic mass is 10.2. The molecule has 1 saturated heterocycles. The topological polar surface area (TPSA) is 50.4 Å². The van der Waals surface area contributed by atoms with Crippen LogP contribution in [0, 0.1) is 5.92 Å². The van der Waals surface area contributed by atoms with Crippen molar-refractivity contribution in [3.63, 3.8) is 0 Å². The molecular formula is C10H18N2O2. The Morgan fingerprint density at radius 2 is 2.36 bits per heavy atom. The molecule has 1 aliphatic heterocycles. The van der Waals surface area contributed by atoms with Crippen LogP contribution in [0.2, 0.25) is 0 Å². The second-order valence-corrected chi connectivity index (χ2v) is 4.15. The zero-order chi connectivity index (χ0) is 9.80. The molecule has 0 radical (unpaired) electrons. The fourth-order valence-corrected chi connectivity index (χ4v) is 1.61. The van der Waals surface area contributed by atoms with Crippen molar-refractivity contribution in [2.24, 2.45) is 5.92 Å². The first-order valence-corrected chi connectivity index (χ1v) is 5.43. The van der Waals surface area contributed by atoms with E-state index in [9.17, 15) is 4.79 Å². The van der Waals surface area contributed by atoms with Gasteiger partial charge < -0.3 is 15.4 Å². The summed E-state index contributed by atoms with van der Waals surface area (Å²) in [6.07, 6.45) is 3.13. The molecule has 4 nitrogen and oxygen atoms in total. The lowest BCUT2D eigenvalue weighted by molar-refractivity contribution is -0.124. The van der Waals surface area contributed by atoms with Gasteiger partial charge in [-0.3, -0.25) is 4.79 Å². The van der Waals surface area contributed by atoms with Gasteiger partial charge in [0.2, 0.25) is 5.91 Å². The Morgan fingerprint density at radius 1 is 1.50 bits per heavy atom. The van der Waals surface area contributed by atoms with Crippen LogP contribution in [-0.2, 0) is 9.53 Å². The summed E-state index contributed by atoms with van der Waals surface area (Å²) in [5.74, 6) is 0.884. The summed E-state index contributed by atoms with van der Waals surface area (Å²) < 4.78 is 5.45. The van der Waals surface area contributed by atoms with Crippen LogP contribution in [0.3, 0.4) is 0 Å². The quantitative estimate of drug-likeness (QED) is 0.663. The predicted molar refractivity (Wildman–Crippen MR) is 53.0 cm³/mol. The number of nitrogens with one attached hydrogen (secondary N) is 2. The Kier molecular flexibility index (Phi) is 3.37. The van der Waals surface area contributed by atoms with Gasteiger partial charge in [0.05, 0.1) is 19.1 Å². The number of ether oxygens (including phenoxy) is 1. The number of rotatable bonds is 4. The van der Waals surface area contributed by atoms with Gasteiger partial charge in [-0.05, 0) is 18.8 Å². The molecule has 1 amide bonds. The highest BCUT2D eigenvalue weighted by Crippen LogP contribution is 2.27. The maximum absolute atomic E-state index is 11.4. The number of amides is 1. The summed E-state index contributed by atoms with van der Waals surface area (Å²) in [7, 11) is 0. The average Bonchev–Trinajstić information content (AvgIpc) is 3.00. The molecule has 2 N–H and O–H groups in total. The van der Waals surface area contributed by atoms with Crippen LogP contribution in [0.1, 0.15) is 19.3 Å². The first-order valence-electron chi connectivity index (χ1n) is 5.43. The van der Waals surface area contributed by atoms with Gasteiger partial charge in [0.15, 0.2) is 0 Å². The van der Waals surface area contributed by atoms with Crippen LogP contribution < -0.4 is 10.6 Å². The number of morpholine rings is 1. The van der Waals surface area contributed by atoms with E-state index in [1.165, 1.54) is 12.8 Å². The number of carbonyl (C=O) groups is 1. The molecule has 0 aromatic heterocycles. The van der Waals surface area contributed by atoms with E-state index in [2.05, 4.69) is 10.6 Å². The van der Waals surface area contributed by atoms with Gasteiger partial charge in [0.25, 0.3) is 0 Å². The van der Waals surface area contributed by atoms with Crippen molar-refractivity contribution >= 4 is 5.91 Å². The SMILES string of the molecule is O=C(CC1CNCCO1)NCC1CC1. The molecule has 2 aliphatic rings. The Labute approximate surface area is 84.4 Å². The molecular weight excluding hydrogens is 180 g/mol.